The van der Waals surface area contributed by atoms with Gasteiger partial charge in [-0.15, -0.1) is 0 Å². The summed E-state index contributed by atoms with van der Waals surface area (Å²) in [6.45, 7) is 3.99. The molecule has 0 radical (unpaired) electrons. The number of aromatic nitrogens is 5. The van der Waals surface area contributed by atoms with Crippen LogP contribution in [0, 0.1) is 0 Å². The number of rotatable bonds is 6. The van der Waals surface area contributed by atoms with Gasteiger partial charge in [-0.05, 0) is 60.2 Å². The van der Waals surface area contributed by atoms with Crippen molar-refractivity contribution in [2.45, 2.75) is 0 Å². The molecule has 52 heavy (non-hydrogen) atoms. The zero-order valence-electron chi connectivity index (χ0n) is 28.2. The SMILES string of the molecule is C=Cc1cccc(-c2nc(-c3cccc(-n4c5ccccc5c5ccccc54)c3)nc(-c3cccc(-n4c5ccccc5c5ccccc54)c3)n2)c1. The van der Waals surface area contributed by atoms with E-state index < -0.39 is 0 Å². The van der Waals surface area contributed by atoms with Gasteiger partial charge in [-0.25, -0.2) is 15.0 Å². The molecule has 10 aromatic rings. The average molecular weight is 666 g/mol. The lowest BCUT2D eigenvalue weighted by Crippen LogP contribution is -2.02. The van der Waals surface area contributed by atoms with Gasteiger partial charge in [0.1, 0.15) is 0 Å². The third-order valence-corrected chi connectivity index (χ3v) is 9.90. The molecule has 0 saturated carbocycles. The van der Waals surface area contributed by atoms with Gasteiger partial charge >= 0.3 is 0 Å². The largest absolute Gasteiger partial charge is 0.309 e. The molecule has 5 heteroatoms. The van der Waals surface area contributed by atoms with Crippen LogP contribution in [0.25, 0.3) is 95.2 Å². The van der Waals surface area contributed by atoms with Crippen molar-refractivity contribution in [1.82, 2.24) is 24.1 Å². The molecule has 0 saturated heterocycles. The van der Waals surface area contributed by atoms with E-state index in [1.165, 1.54) is 21.5 Å². The van der Waals surface area contributed by atoms with Crippen molar-refractivity contribution in [2.24, 2.45) is 0 Å². The second-order valence-electron chi connectivity index (χ2n) is 13.0. The van der Waals surface area contributed by atoms with Crippen molar-refractivity contribution < 1.29 is 0 Å². The summed E-state index contributed by atoms with van der Waals surface area (Å²) >= 11 is 0. The van der Waals surface area contributed by atoms with Crippen molar-refractivity contribution in [3.05, 3.63) is 182 Å². The lowest BCUT2D eigenvalue weighted by molar-refractivity contribution is 1.07. The van der Waals surface area contributed by atoms with Crippen LogP contribution in [0.2, 0.25) is 0 Å². The Balaban J connectivity index is 1.17. The van der Waals surface area contributed by atoms with E-state index in [1.54, 1.807) is 0 Å². The van der Waals surface area contributed by atoms with Gasteiger partial charge in [0, 0.05) is 49.6 Å². The molecule has 3 aromatic heterocycles. The first kappa shape index (κ1) is 29.8. The molecule has 244 valence electrons. The minimum Gasteiger partial charge on any atom is -0.309 e. The zero-order chi connectivity index (χ0) is 34.6. The molecule has 0 aliphatic carbocycles. The van der Waals surface area contributed by atoms with Gasteiger partial charge in [0.15, 0.2) is 17.5 Å². The van der Waals surface area contributed by atoms with Gasteiger partial charge in [-0.2, -0.15) is 0 Å². The van der Waals surface area contributed by atoms with Gasteiger partial charge < -0.3 is 9.13 Å². The highest BCUT2D eigenvalue weighted by Crippen LogP contribution is 2.35. The molecule has 0 aliphatic rings. The molecule has 0 bridgehead atoms. The number of hydrogen-bond acceptors (Lipinski definition) is 3. The molecule has 0 atom stereocenters. The smallest absolute Gasteiger partial charge is 0.164 e. The number of benzene rings is 7. The molecule has 5 nitrogen and oxygen atoms in total. The van der Waals surface area contributed by atoms with E-state index in [1.807, 2.05) is 24.3 Å². The molecule has 0 spiro atoms. The van der Waals surface area contributed by atoms with E-state index in [4.69, 9.17) is 15.0 Å². The fourth-order valence-electron chi connectivity index (χ4n) is 7.54. The third-order valence-electron chi connectivity index (χ3n) is 9.90. The maximum Gasteiger partial charge on any atom is 0.164 e. The van der Waals surface area contributed by atoms with Gasteiger partial charge in [0.2, 0.25) is 0 Å². The summed E-state index contributed by atoms with van der Waals surface area (Å²) in [5.41, 5.74) is 10.4. The molecular formula is C47H31N5. The maximum atomic E-state index is 5.18. The third kappa shape index (κ3) is 4.83. The summed E-state index contributed by atoms with van der Waals surface area (Å²) in [5, 5.41) is 4.88. The lowest BCUT2D eigenvalue weighted by Gasteiger charge is -2.13. The first-order valence-corrected chi connectivity index (χ1v) is 17.4. The highest BCUT2D eigenvalue weighted by Gasteiger charge is 2.17. The fraction of sp³-hybridized carbons (Fsp3) is 0. The van der Waals surface area contributed by atoms with Crippen LogP contribution in [-0.4, -0.2) is 24.1 Å². The maximum absolute atomic E-state index is 5.18. The van der Waals surface area contributed by atoms with Crippen LogP contribution in [0.15, 0.2) is 176 Å². The molecule has 7 aromatic carbocycles. The number of nitrogens with zero attached hydrogens (tertiary/aromatic N) is 5. The quantitative estimate of drug-likeness (QED) is 0.178. The average Bonchev–Trinajstić information content (AvgIpc) is 3.74. The Bertz CT molecular complexity index is 2720. The monoisotopic (exact) mass is 665 g/mol. The van der Waals surface area contributed by atoms with Crippen molar-refractivity contribution in [1.29, 1.82) is 0 Å². The predicted octanol–water partition coefficient (Wildman–Crippen LogP) is 11.7. The van der Waals surface area contributed by atoms with Gasteiger partial charge in [0.25, 0.3) is 0 Å². The molecule has 0 aliphatic heterocycles. The van der Waals surface area contributed by atoms with Crippen molar-refractivity contribution in [2.75, 3.05) is 0 Å². The Morgan fingerprint density at radius 2 is 0.712 bits per heavy atom. The summed E-state index contributed by atoms with van der Waals surface area (Å²) in [4.78, 5) is 15.4. The summed E-state index contributed by atoms with van der Waals surface area (Å²) in [5.74, 6) is 1.82. The highest BCUT2D eigenvalue weighted by molar-refractivity contribution is 6.10. The zero-order valence-corrected chi connectivity index (χ0v) is 28.2. The van der Waals surface area contributed by atoms with Crippen molar-refractivity contribution >= 4 is 49.7 Å². The highest BCUT2D eigenvalue weighted by atomic mass is 15.0. The van der Waals surface area contributed by atoms with Crippen molar-refractivity contribution in [3.63, 3.8) is 0 Å². The Kier molecular flexibility index (Phi) is 6.89. The van der Waals surface area contributed by atoms with Gasteiger partial charge in [0.05, 0.1) is 22.1 Å². The van der Waals surface area contributed by atoms with E-state index in [-0.39, 0.29) is 0 Å². The molecule has 0 unspecified atom stereocenters. The van der Waals surface area contributed by atoms with Crippen LogP contribution in [0.1, 0.15) is 5.56 Å². The van der Waals surface area contributed by atoms with Crippen LogP contribution in [0.5, 0.6) is 0 Å². The molecular weight excluding hydrogens is 635 g/mol. The summed E-state index contributed by atoms with van der Waals surface area (Å²) in [6, 6.07) is 59.4. The standard InChI is InChI=1S/C47H31N5/c1-2-31-14-11-15-32(28-31)45-48-46(33-16-12-18-35(29-33)51-41-24-7-3-20-37(41)38-21-4-8-25-42(38)51)50-47(49-45)34-17-13-19-36(30-34)52-43-26-9-5-22-39(43)40-23-6-10-27-44(40)52/h2-30H,1H2. The summed E-state index contributed by atoms with van der Waals surface area (Å²) < 4.78 is 4.64. The number of para-hydroxylation sites is 4. The summed E-state index contributed by atoms with van der Waals surface area (Å²) in [7, 11) is 0. The normalized spacial score (nSPS) is 11.5. The Hall–Kier alpha value is -7.11. The second-order valence-corrected chi connectivity index (χ2v) is 13.0. The Labute approximate surface area is 300 Å². The van der Waals surface area contributed by atoms with E-state index in [2.05, 4.69) is 167 Å². The minimum atomic E-state index is 0.605. The Morgan fingerprint density at radius 1 is 0.365 bits per heavy atom. The lowest BCUT2D eigenvalue weighted by atomic mass is 10.1. The number of hydrogen-bond donors (Lipinski definition) is 0. The summed E-state index contributed by atoms with van der Waals surface area (Å²) in [6.07, 6.45) is 1.84. The van der Waals surface area contributed by atoms with E-state index in [0.29, 0.717) is 17.5 Å². The van der Waals surface area contributed by atoms with E-state index >= 15 is 0 Å². The van der Waals surface area contributed by atoms with Crippen molar-refractivity contribution in [3.8, 4) is 45.5 Å². The van der Waals surface area contributed by atoms with Crippen LogP contribution in [0.3, 0.4) is 0 Å². The van der Waals surface area contributed by atoms with Gasteiger partial charge in [-0.3, -0.25) is 0 Å². The molecule has 0 fully saturated rings. The molecule has 0 N–H and O–H groups in total. The number of fused-ring (bicyclic) bond motifs is 6. The first-order chi connectivity index (χ1) is 25.7. The first-order valence-electron chi connectivity index (χ1n) is 17.4. The van der Waals surface area contributed by atoms with Crippen LogP contribution in [-0.2, 0) is 0 Å². The van der Waals surface area contributed by atoms with E-state index in [0.717, 1.165) is 55.7 Å². The second kappa shape index (κ2) is 12.0. The fourth-order valence-corrected chi connectivity index (χ4v) is 7.54. The minimum absolute atomic E-state index is 0.605. The molecule has 3 heterocycles. The molecule has 10 rings (SSSR count). The predicted molar refractivity (Wildman–Crippen MR) is 215 cm³/mol. The van der Waals surface area contributed by atoms with Gasteiger partial charge in [-0.1, -0.05) is 128 Å². The Morgan fingerprint density at radius 3 is 1.10 bits per heavy atom. The molecule has 0 amide bonds. The van der Waals surface area contributed by atoms with Crippen LogP contribution in [0.4, 0.5) is 0 Å². The van der Waals surface area contributed by atoms with Crippen LogP contribution < -0.4 is 0 Å². The van der Waals surface area contributed by atoms with E-state index in [9.17, 15) is 0 Å². The van der Waals surface area contributed by atoms with Crippen LogP contribution >= 0.6 is 0 Å². The topological polar surface area (TPSA) is 48.5 Å².